The quantitative estimate of drug-likeness (QED) is 0.615. The van der Waals surface area contributed by atoms with E-state index < -0.39 is 6.10 Å². The highest BCUT2D eigenvalue weighted by atomic mass is 19.1. The molecule has 1 unspecified atom stereocenters. The number of aliphatic hydroxyl groups is 1. The van der Waals surface area contributed by atoms with Gasteiger partial charge < -0.3 is 15.2 Å². The summed E-state index contributed by atoms with van der Waals surface area (Å²) in [6.07, 6.45) is 4.09. The molecule has 0 saturated carbocycles. The molecule has 120 valence electrons. The van der Waals surface area contributed by atoms with Crippen molar-refractivity contribution in [1.82, 2.24) is 5.32 Å². The lowest BCUT2D eigenvalue weighted by Gasteiger charge is -2.18. The average Bonchev–Trinajstić information content (AvgIpc) is 2.49. The number of benzene rings is 1. The molecule has 1 rings (SSSR count). The van der Waals surface area contributed by atoms with Crippen molar-refractivity contribution >= 4 is 0 Å². The van der Waals surface area contributed by atoms with E-state index in [1.165, 1.54) is 25.3 Å². The number of halogens is 1. The van der Waals surface area contributed by atoms with Crippen LogP contribution in [-0.2, 0) is 4.74 Å². The van der Waals surface area contributed by atoms with Gasteiger partial charge in [0.1, 0.15) is 5.82 Å². The molecular weight excluding hydrogens is 269 g/mol. The van der Waals surface area contributed by atoms with Crippen molar-refractivity contribution in [3.63, 3.8) is 0 Å². The average molecular weight is 297 g/mol. The summed E-state index contributed by atoms with van der Waals surface area (Å²) in [7, 11) is 0. The molecule has 0 amide bonds. The Morgan fingerprint density at radius 2 is 2.00 bits per heavy atom. The van der Waals surface area contributed by atoms with Crippen molar-refractivity contribution in [3.05, 3.63) is 35.6 Å². The molecule has 0 aromatic heterocycles. The highest BCUT2D eigenvalue weighted by Crippen LogP contribution is 2.15. The van der Waals surface area contributed by atoms with Gasteiger partial charge in [-0.05, 0) is 19.4 Å². The molecule has 0 bridgehead atoms. The Hall–Kier alpha value is -0.970. The first kappa shape index (κ1) is 18.1. The first-order valence-electron chi connectivity index (χ1n) is 7.88. The van der Waals surface area contributed by atoms with E-state index in [-0.39, 0.29) is 11.9 Å². The first-order valence-corrected chi connectivity index (χ1v) is 7.88. The zero-order valence-electron chi connectivity index (χ0n) is 13.1. The molecule has 3 nitrogen and oxygen atoms in total. The minimum atomic E-state index is -0.564. The van der Waals surface area contributed by atoms with Crippen molar-refractivity contribution in [3.8, 4) is 0 Å². The molecule has 0 spiro atoms. The van der Waals surface area contributed by atoms with Crippen LogP contribution in [0.25, 0.3) is 0 Å². The summed E-state index contributed by atoms with van der Waals surface area (Å²) in [5.74, 6) is -0.223. The number of aliphatic hydroxyl groups excluding tert-OH is 1. The molecule has 1 aromatic carbocycles. The van der Waals surface area contributed by atoms with Crippen LogP contribution in [0.4, 0.5) is 4.39 Å². The van der Waals surface area contributed by atoms with Crippen LogP contribution >= 0.6 is 0 Å². The van der Waals surface area contributed by atoms with Gasteiger partial charge in [0.2, 0.25) is 0 Å². The molecule has 0 radical (unpaired) electrons. The molecule has 2 N–H and O–H groups in total. The van der Waals surface area contributed by atoms with Gasteiger partial charge in [-0.25, -0.2) is 4.39 Å². The molecular formula is C17H28FNO2. The number of unbranched alkanes of at least 4 members (excludes halogenated alkanes) is 3. The Balaban J connectivity index is 2.15. The van der Waals surface area contributed by atoms with E-state index in [4.69, 9.17) is 4.74 Å². The summed E-state index contributed by atoms with van der Waals surface area (Å²) in [5, 5.41) is 13.0. The van der Waals surface area contributed by atoms with E-state index in [2.05, 4.69) is 12.2 Å². The Kier molecular flexibility index (Phi) is 9.22. The third-order valence-corrected chi connectivity index (χ3v) is 3.48. The summed E-state index contributed by atoms with van der Waals surface area (Å²) in [6, 6.07) is 6.55. The Bertz CT molecular complexity index is 387. The fourth-order valence-corrected chi connectivity index (χ4v) is 2.16. The number of hydrogen-bond donors (Lipinski definition) is 2. The summed E-state index contributed by atoms with van der Waals surface area (Å²) >= 11 is 0. The summed E-state index contributed by atoms with van der Waals surface area (Å²) in [4.78, 5) is 0. The predicted molar refractivity (Wildman–Crippen MR) is 83.8 cm³/mol. The van der Waals surface area contributed by atoms with E-state index >= 15 is 0 Å². The molecule has 0 aliphatic heterocycles. The van der Waals surface area contributed by atoms with E-state index in [0.717, 1.165) is 6.42 Å². The monoisotopic (exact) mass is 297 g/mol. The molecule has 21 heavy (non-hydrogen) atoms. The highest BCUT2D eigenvalue weighted by Gasteiger charge is 2.11. The topological polar surface area (TPSA) is 41.5 Å². The molecule has 0 heterocycles. The molecule has 0 aliphatic carbocycles. The van der Waals surface area contributed by atoms with Crippen LogP contribution in [-0.4, -0.2) is 31.0 Å². The van der Waals surface area contributed by atoms with Crippen molar-refractivity contribution < 1.29 is 14.2 Å². The molecule has 1 aromatic rings. The number of rotatable bonds is 11. The molecule has 2 atom stereocenters. The molecule has 4 heteroatoms. The fraction of sp³-hybridized carbons (Fsp3) is 0.647. The zero-order chi connectivity index (χ0) is 15.5. The van der Waals surface area contributed by atoms with Crippen molar-refractivity contribution in [2.45, 2.75) is 51.7 Å². The minimum Gasteiger partial charge on any atom is -0.389 e. The number of ether oxygens (including phenoxy) is 1. The van der Waals surface area contributed by atoms with E-state index in [1.807, 2.05) is 13.0 Å². The zero-order valence-corrected chi connectivity index (χ0v) is 13.1. The second-order valence-corrected chi connectivity index (χ2v) is 5.44. The molecule has 0 saturated heterocycles. The van der Waals surface area contributed by atoms with Crippen molar-refractivity contribution in [1.29, 1.82) is 0 Å². The van der Waals surface area contributed by atoms with Crippen LogP contribution in [0.3, 0.4) is 0 Å². The van der Waals surface area contributed by atoms with Crippen molar-refractivity contribution in [2.24, 2.45) is 0 Å². The first-order chi connectivity index (χ1) is 10.1. The maximum absolute atomic E-state index is 13.6. The van der Waals surface area contributed by atoms with Gasteiger partial charge in [-0.15, -0.1) is 0 Å². The minimum absolute atomic E-state index is 0.134. The third-order valence-electron chi connectivity index (χ3n) is 3.48. The smallest absolute Gasteiger partial charge is 0.127 e. The molecule has 0 fully saturated rings. The Morgan fingerprint density at radius 1 is 1.24 bits per heavy atom. The van der Waals surface area contributed by atoms with Gasteiger partial charge in [-0.1, -0.05) is 44.4 Å². The van der Waals surface area contributed by atoms with Gasteiger partial charge >= 0.3 is 0 Å². The maximum atomic E-state index is 13.6. The van der Waals surface area contributed by atoms with E-state index in [1.54, 1.807) is 12.1 Å². The lowest BCUT2D eigenvalue weighted by molar-refractivity contribution is 0.0343. The van der Waals surface area contributed by atoms with Gasteiger partial charge in [0.15, 0.2) is 0 Å². The normalized spacial score (nSPS) is 14.1. The highest BCUT2D eigenvalue weighted by molar-refractivity contribution is 5.20. The number of hydrogen-bond acceptors (Lipinski definition) is 3. The van der Waals surface area contributed by atoms with Crippen LogP contribution in [0, 0.1) is 5.82 Å². The largest absolute Gasteiger partial charge is 0.389 e. The summed E-state index contributed by atoms with van der Waals surface area (Å²) in [6.45, 7) is 5.47. The van der Waals surface area contributed by atoms with Gasteiger partial charge in [-0.3, -0.25) is 0 Å². The van der Waals surface area contributed by atoms with E-state index in [0.29, 0.717) is 25.3 Å². The standard InChI is InChI=1S/C17H28FNO2/c1-3-4-5-8-11-21-13-15(20)12-19-14(2)16-9-6-7-10-17(16)18/h6-7,9-10,14-15,19-20H,3-5,8,11-13H2,1-2H3/t14-,15?/m1/s1. The lowest BCUT2D eigenvalue weighted by atomic mass is 10.1. The maximum Gasteiger partial charge on any atom is 0.127 e. The SMILES string of the molecule is CCCCCCOCC(O)CN[C@H](C)c1ccccc1F. The van der Waals surface area contributed by atoms with Crippen LogP contribution in [0.2, 0.25) is 0 Å². The fourth-order valence-electron chi connectivity index (χ4n) is 2.16. The van der Waals surface area contributed by atoms with Gasteiger partial charge in [0.25, 0.3) is 0 Å². The number of nitrogens with one attached hydrogen (secondary N) is 1. The third kappa shape index (κ3) is 7.55. The van der Waals surface area contributed by atoms with Gasteiger partial charge in [-0.2, -0.15) is 0 Å². The summed E-state index contributed by atoms with van der Waals surface area (Å²) < 4.78 is 19.0. The predicted octanol–water partition coefficient (Wildman–Crippen LogP) is 3.43. The van der Waals surface area contributed by atoms with Crippen molar-refractivity contribution in [2.75, 3.05) is 19.8 Å². The Morgan fingerprint density at radius 3 is 2.71 bits per heavy atom. The lowest BCUT2D eigenvalue weighted by Crippen LogP contribution is -2.32. The van der Waals surface area contributed by atoms with Gasteiger partial charge in [0.05, 0.1) is 12.7 Å². The second kappa shape index (κ2) is 10.7. The van der Waals surface area contributed by atoms with E-state index in [9.17, 15) is 9.50 Å². The Labute approximate surface area is 127 Å². The van der Waals surface area contributed by atoms with Gasteiger partial charge in [0, 0.05) is 24.8 Å². The van der Waals surface area contributed by atoms with Crippen LogP contribution in [0.15, 0.2) is 24.3 Å². The second-order valence-electron chi connectivity index (χ2n) is 5.44. The van der Waals surface area contributed by atoms with Crippen LogP contribution in [0.1, 0.15) is 51.1 Å². The van der Waals surface area contributed by atoms with Crippen LogP contribution < -0.4 is 5.32 Å². The van der Waals surface area contributed by atoms with Crippen LogP contribution in [0.5, 0.6) is 0 Å². The summed E-state index contributed by atoms with van der Waals surface area (Å²) in [5.41, 5.74) is 0.616. The molecule has 0 aliphatic rings.